The highest BCUT2D eigenvalue weighted by Gasteiger charge is 2.18. The van der Waals surface area contributed by atoms with E-state index in [-0.39, 0.29) is 5.82 Å². The fraction of sp³-hybridized carbons (Fsp3) is 0.316. The molecule has 6 nitrogen and oxygen atoms in total. The Hall–Kier alpha value is -2.91. The molecule has 0 spiro atoms. The number of nitrogens with zero attached hydrogens (tertiary/aromatic N) is 4. The van der Waals surface area contributed by atoms with Crippen molar-refractivity contribution in [3.63, 3.8) is 0 Å². The summed E-state index contributed by atoms with van der Waals surface area (Å²) in [6.45, 7) is 4.83. The highest BCUT2D eigenvalue weighted by atomic mass is 16.5. The predicted octanol–water partition coefficient (Wildman–Crippen LogP) is 2.41. The monoisotopic (exact) mass is 333 g/mol. The maximum absolute atomic E-state index is 9.24. The zero-order valence-electron chi connectivity index (χ0n) is 14.3. The van der Waals surface area contributed by atoms with Gasteiger partial charge in [0.1, 0.15) is 17.5 Å². The van der Waals surface area contributed by atoms with Crippen LogP contribution in [0.1, 0.15) is 11.4 Å². The van der Waals surface area contributed by atoms with E-state index in [1.807, 2.05) is 42.9 Å². The minimum absolute atomic E-state index is 0.180. The first kappa shape index (κ1) is 15.6. The highest BCUT2D eigenvalue weighted by molar-refractivity contribution is 5.91. The molecule has 1 N–H and O–H groups in total. The third-order valence-corrected chi connectivity index (χ3v) is 4.61. The Kier molecular flexibility index (Phi) is 3.86. The molecule has 0 aliphatic carbocycles. The van der Waals surface area contributed by atoms with Crippen molar-refractivity contribution in [3.8, 4) is 23.1 Å². The van der Waals surface area contributed by atoms with Crippen LogP contribution < -0.4 is 10.1 Å². The summed E-state index contributed by atoms with van der Waals surface area (Å²) in [4.78, 5) is 8.74. The number of nitriles is 1. The molecule has 4 rings (SSSR count). The fourth-order valence-corrected chi connectivity index (χ4v) is 3.04. The molecule has 1 fully saturated rings. The van der Waals surface area contributed by atoms with Crippen LogP contribution in [0.2, 0.25) is 0 Å². The van der Waals surface area contributed by atoms with Gasteiger partial charge >= 0.3 is 0 Å². The Morgan fingerprint density at radius 3 is 2.84 bits per heavy atom. The summed E-state index contributed by atoms with van der Waals surface area (Å²) in [7, 11) is 1.91. The molecule has 1 aromatic carbocycles. The molecule has 25 heavy (non-hydrogen) atoms. The van der Waals surface area contributed by atoms with Crippen LogP contribution in [0.3, 0.4) is 0 Å². The molecule has 0 saturated carbocycles. The lowest BCUT2D eigenvalue weighted by Gasteiger charge is -2.27. The van der Waals surface area contributed by atoms with Gasteiger partial charge in [0.2, 0.25) is 5.82 Å². The Morgan fingerprint density at radius 1 is 1.32 bits per heavy atom. The molecule has 3 aromatic rings. The van der Waals surface area contributed by atoms with Crippen molar-refractivity contribution in [3.05, 3.63) is 41.9 Å². The quantitative estimate of drug-likeness (QED) is 0.793. The number of benzene rings is 1. The summed E-state index contributed by atoms with van der Waals surface area (Å²) in [5, 5.41) is 13.4. The van der Waals surface area contributed by atoms with Gasteiger partial charge in [-0.1, -0.05) is 0 Å². The van der Waals surface area contributed by atoms with Gasteiger partial charge in [0.05, 0.1) is 12.3 Å². The molecule has 0 bridgehead atoms. The van der Waals surface area contributed by atoms with Crippen molar-refractivity contribution < 1.29 is 4.74 Å². The summed E-state index contributed by atoms with van der Waals surface area (Å²) in [6.07, 6.45) is 1.93. The lowest BCUT2D eigenvalue weighted by Crippen LogP contribution is -2.45. The first-order valence-electron chi connectivity index (χ1n) is 8.33. The van der Waals surface area contributed by atoms with Crippen molar-refractivity contribution >= 4 is 11.0 Å². The number of rotatable bonds is 4. The van der Waals surface area contributed by atoms with E-state index in [1.54, 1.807) is 0 Å². The zero-order chi connectivity index (χ0) is 17.4. The zero-order valence-corrected chi connectivity index (χ0v) is 14.3. The molecule has 126 valence electrons. The molecule has 1 aliphatic heterocycles. The van der Waals surface area contributed by atoms with Crippen LogP contribution in [0, 0.1) is 24.2 Å². The number of aryl methyl sites for hydroxylation is 2. The van der Waals surface area contributed by atoms with Gasteiger partial charge in [-0.3, -0.25) is 0 Å². The lowest BCUT2D eigenvalue weighted by molar-refractivity contribution is 0.198. The van der Waals surface area contributed by atoms with Crippen molar-refractivity contribution in [1.82, 2.24) is 19.9 Å². The van der Waals surface area contributed by atoms with E-state index in [1.165, 1.54) is 0 Å². The second-order valence-corrected chi connectivity index (χ2v) is 6.49. The summed E-state index contributed by atoms with van der Waals surface area (Å²) in [6, 6.07) is 10.1. The van der Waals surface area contributed by atoms with Crippen LogP contribution in [-0.4, -0.2) is 34.2 Å². The van der Waals surface area contributed by atoms with Crippen LogP contribution in [0.15, 0.2) is 30.5 Å². The van der Waals surface area contributed by atoms with Crippen molar-refractivity contribution in [2.45, 2.75) is 6.92 Å². The molecule has 0 amide bonds. The molecule has 6 heteroatoms. The van der Waals surface area contributed by atoms with Gasteiger partial charge in [-0.25, -0.2) is 9.97 Å². The average molecular weight is 333 g/mol. The highest BCUT2D eigenvalue weighted by Crippen LogP contribution is 2.30. The van der Waals surface area contributed by atoms with Gasteiger partial charge in [-0.15, -0.1) is 0 Å². The SMILES string of the molecule is Cc1cc(-c2nc(C#N)nc3c2ccn3C)ccc1OCC1CNC1. The number of nitrogens with one attached hydrogen (secondary N) is 1. The summed E-state index contributed by atoms with van der Waals surface area (Å²) in [5.74, 6) is 1.68. The van der Waals surface area contributed by atoms with E-state index >= 15 is 0 Å². The van der Waals surface area contributed by atoms with Crippen molar-refractivity contribution in [2.75, 3.05) is 19.7 Å². The molecule has 1 saturated heterocycles. The standard InChI is InChI=1S/C19H19N5O/c1-12-7-14(3-4-16(12)25-11-13-9-21-10-13)18-15-5-6-24(2)19(15)23-17(8-20)22-18/h3-7,13,21H,9-11H2,1-2H3. The number of aromatic nitrogens is 3. The Bertz CT molecular complexity index is 981. The third kappa shape index (κ3) is 2.83. The van der Waals surface area contributed by atoms with Crippen molar-refractivity contribution in [2.24, 2.45) is 13.0 Å². The number of hydrogen-bond acceptors (Lipinski definition) is 5. The van der Waals surface area contributed by atoms with Crippen LogP contribution in [0.4, 0.5) is 0 Å². The van der Waals surface area contributed by atoms with Crippen LogP contribution in [-0.2, 0) is 7.05 Å². The third-order valence-electron chi connectivity index (χ3n) is 4.61. The van der Waals surface area contributed by atoms with E-state index in [9.17, 15) is 5.26 Å². The molecule has 0 radical (unpaired) electrons. The van der Waals surface area contributed by atoms with Gasteiger partial charge in [-0.2, -0.15) is 5.26 Å². The Morgan fingerprint density at radius 2 is 2.16 bits per heavy atom. The maximum Gasteiger partial charge on any atom is 0.234 e. The molecular weight excluding hydrogens is 314 g/mol. The van der Waals surface area contributed by atoms with Crippen LogP contribution in [0.5, 0.6) is 5.75 Å². The smallest absolute Gasteiger partial charge is 0.234 e. The minimum Gasteiger partial charge on any atom is -0.493 e. The second-order valence-electron chi connectivity index (χ2n) is 6.49. The van der Waals surface area contributed by atoms with Crippen molar-refractivity contribution in [1.29, 1.82) is 5.26 Å². The Balaban J connectivity index is 1.71. The molecule has 0 atom stereocenters. The first-order valence-corrected chi connectivity index (χ1v) is 8.33. The van der Waals surface area contributed by atoms with E-state index < -0.39 is 0 Å². The number of fused-ring (bicyclic) bond motifs is 1. The van der Waals surface area contributed by atoms with Gasteiger partial charge in [0, 0.05) is 43.2 Å². The predicted molar refractivity (Wildman–Crippen MR) is 95.3 cm³/mol. The van der Waals surface area contributed by atoms with E-state index in [0.717, 1.165) is 53.3 Å². The van der Waals surface area contributed by atoms with E-state index in [0.29, 0.717) is 5.92 Å². The fourth-order valence-electron chi connectivity index (χ4n) is 3.04. The number of ether oxygens (including phenoxy) is 1. The summed E-state index contributed by atoms with van der Waals surface area (Å²) >= 11 is 0. The van der Waals surface area contributed by atoms with Gasteiger partial charge in [-0.05, 0) is 36.8 Å². The minimum atomic E-state index is 0.180. The van der Waals surface area contributed by atoms with Crippen LogP contribution in [0.25, 0.3) is 22.3 Å². The topological polar surface area (TPSA) is 75.8 Å². The normalized spacial score (nSPS) is 14.3. The van der Waals surface area contributed by atoms with E-state index in [4.69, 9.17) is 4.74 Å². The van der Waals surface area contributed by atoms with Crippen LogP contribution >= 0.6 is 0 Å². The largest absolute Gasteiger partial charge is 0.493 e. The van der Waals surface area contributed by atoms with Gasteiger partial charge < -0.3 is 14.6 Å². The molecule has 0 unspecified atom stereocenters. The first-order chi connectivity index (χ1) is 12.2. The van der Waals surface area contributed by atoms with E-state index in [2.05, 4.69) is 27.4 Å². The molecule has 2 aromatic heterocycles. The van der Waals surface area contributed by atoms with Gasteiger partial charge in [0.25, 0.3) is 0 Å². The molecule has 3 heterocycles. The average Bonchev–Trinajstić information content (AvgIpc) is 2.95. The number of hydrogen-bond donors (Lipinski definition) is 1. The maximum atomic E-state index is 9.24. The second kappa shape index (κ2) is 6.19. The molecular formula is C19H19N5O. The van der Waals surface area contributed by atoms with Gasteiger partial charge in [0.15, 0.2) is 0 Å². The lowest BCUT2D eigenvalue weighted by atomic mass is 10.0. The summed E-state index contributed by atoms with van der Waals surface area (Å²) in [5.41, 5.74) is 3.56. The molecule has 1 aliphatic rings. The Labute approximate surface area is 146 Å². The summed E-state index contributed by atoms with van der Waals surface area (Å²) < 4.78 is 7.84.